The molecule has 0 aliphatic rings. The van der Waals surface area contributed by atoms with Gasteiger partial charge in [0.05, 0.1) is 16.5 Å². The van der Waals surface area contributed by atoms with Crippen molar-refractivity contribution in [3.63, 3.8) is 0 Å². The number of hydrogen-bond acceptors (Lipinski definition) is 2. The molecule has 0 radical (unpaired) electrons. The molecule has 0 saturated heterocycles. The molecule has 0 aliphatic carbocycles. The molecule has 2 aromatic carbocycles. The smallest absolute Gasteiger partial charge is 0.234 e. The topological polar surface area (TPSA) is 29.1 Å². The molecule has 0 atom stereocenters. The number of rotatable bonds is 5. The van der Waals surface area contributed by atoms with Gasteiger partial charge in [-0.2, -0.15) is 0 Å². The van der Waals surface area contributed by atoms with Gasteiger partial charge in [-0.05, 0) is 43.2 Å². The molecule has 0 aromatic heterocycles. The van der Waals surface area contributed by atoms with E-state index in [0.29, 0.717) is 27.0 Å². The van der Waals surface area contributed by atoms with Crippen LogP contribution in [-0.4, -0.2) is 11.7 Å². The van der Waals surface area contributed by atoms with Crippen molar-refractivity contribution in [3.05, 3.63) is 62.9 Å². The fourth-order valence-corrected chi connectivity index (χ4v) is 3.70. The molecule has 6 heteroatoms. The average molecular weight is 372 g/mol. The summed E-state index contributed by atoms with van der Waals surface area (Å²) in [5.74, 6) is -0.0208. The van der Waals surface area contributed by atoms with Crippen LogP contribution in [0.5, 0.6) is 0 Å². The Labute approximate surface area is 149 Å². The predicted octanol–water partition coefficient (Wildman–Crippen LogP) is 5.62. The lowest BCUT2D eigenvalue weighted by Gasteiger charge is -2.11. The number of halogens is 3. The van der Waals surface area contributed by atoms with Gasteiger partial charge in [-0.1, -0.05) is 35.3 Å². The highest BCUT2D eigenvalue weighted by Gasteiger charge is 2.11. The second-order valence-electron chi connectivity index (χ2n) is 5.18. The highest BCUT2D eigenvalue weighted by molar-refractivity contribution is 7.99. The zero-order valence-electron chi connectivity index (χ0n) is 12.8. The summed E-state index contributed by atoms with van der Waals surface area (Å²) in [5, 5.41) is 3.69. The number of amides is 1. The van der Waals surface area contributed by atoms with Crippen LogP contribution in [0.3, 0.4) is 0 Å². The monoisotopic (exact) mass is 371 g/mol. The van der Waals surface area contributed by atoms with E-state index in [9.17, 15) is 9.18 Å². The molecule has 0 fully saturated rings. The molecule has 122 valence electrons. The third-order valence-corrected chi connectivity index (χ3v) is 4.85. The van der Waals surface area contributed by atoms with Gasteiger partial charge in [0.15, 0.2) is 0 Å². The lowest BCUT2D eigenvalue weighted by molar-refractivity contribution is -0.113. The number of anilines is 1. The van der Waals surface area contributed by atoms with Gasteiger partial charge in [-0.3, -0.25) is 4.79 Å². The van der Waals surface area contributed by atoms with Crippen LogP contribution in [0.4, 0.5) is 10.1 Å². The maximum absolute atomic E-state index is 13.6. The average Bonchev–Trinajstić information content (AvgIpc) is 2.46. The lowest BCUT2D eigenvalue weighted by Crippen LogP contribution is -2.15. The normalized spacial score (nSPS) is 10.7. The first-order valence-corrected chi connectivity index (χ1v) is 8.86. The van der Waals surface area contributed by atoms with Crippen molar-refractivity contribution >= 4 is 46.6 Å². The van der Waals surface area contributed by atoms with Gasteiger partial charge >= 0.3 is 0 Å². The molecule has 0 spiro atoms. The molecule has 2 aromatic rings. The van der Waals surface area contributed by atoms with E-state index in [1.165, 1.54) is 17.8 Å². The van der Waals surface area contributed by atoms with Crippen LogP contribution in [0, 0.1) is 19.7 Å². The van der Waals surface area contributed by atoms with E-state index in [4.69, 9.17) is 23.2 Å². The van der Waals surface area contributed by atoms with Crippen molar-refractivity contribution in [3.8, 4) is 0 Å². The van der Waals surface area contributed by atoms with Gasteiger partial charge in [0, 0.05) is 16.3 Å². The van der Waals surface area contributed by atoms with Gasteiger partial charge in [0.1, 0.15) is 5.82 Å². The van der Waals surface area contributed by atoms with Crippen LogP contribution in [0.1, 0.15) is 16.7 Å². The number of aryl methyl sites for hydroxylation is 2. The van der Waals surface area contributed by atoms with Crippen LogP contribution >= 0.6 is 35.0 Å². The third-order valence-electron chi connectivity index (χ3n) is 3.24. The minimum Gasteiger partial charge on any atom is -0.324 e. The summed E-state index contributed by atoms with van der Waals surface area (Å²) in [6, 6.07) is 8.30. The molecule has 1 amide bonds. The molecule has 0 aliphatic heterocycles. The zero-order chi connectivity index (χ0) is 17.0. The molecular weight excluding hydrogens is 356 g/mol. The Morgan fingerprint density at radius 3 is 2.61 bits per heavy atom. The zero-order valence-corrected chi connectivity index (χ0v) is 15.1. The number of benzene rings is 2. The quantitative estimate of drug-likeness (QED) is 0.738. The fourth-order valence-electron chi connectivity index (χ4n) is 2.17. The Hall–Kier alpha value is -1.23. The molecule has 0 saturated carbocycles. The highest BCUT2D eigenvalue weighted by Crippen LogP contribution is 2.28. The summed E-state index contributed by atoms with van der Waals surface area (Å²) in [6.07, 6.45) is 0. The third kappa shape index (κ3) is 4.87. The largest absolute Gasteiger partial charge is 0.324 e. The van der Waals surface area contributed by atoms with E-state index in [2.05, 4.69) is 5.32 Å². The first kappa shape index (κ1) is 18.1. The molecule has 2 nitrogen and oxygen atoms in total. The first-order valence-electron chi connectivity index (χ1n) is 6.95. The molecule has 0 unspecified atom stereocenters. The van der Waals surface area contributed by atoms with Crippen LogP contribution < -0.4 is 5.32 Å². The fraction of sp³-hybridized carbons (Fsp3) is 0.235. The lowest BCUT2D eigenvalue weighted by atomic mass is 10.1. The summed E-state index contributed by atoms with van der Waals surface area (Å²) in [4.78, 5) is 12.0. The minimum absolute atomic E-state index is 0.184. The molecule has 2 rings (SSSR count). The molecule has 0 bridgehead atoms. The maximum atomic E-state index is 13.6. The van der Waals surface area contributed by atoms with E-state index in [-0.39, 0.29) is 17.5 Å². The Morgan fingerprint density at radius 2 is 1.96 bits per heavy atom. The van der Waals surface area contributed by atoms with Crippen molar-refractivity contribution in [1.29, 1.82) is 0 Å². The molecule has 23 heavy (non-hydrogen) atoms. The second-order valence-corrected chi connectivity index (χ2v) is 6.98. The predicted molar refractivity (Wildman–Crippen MR) is 97.1 cm³/mol. The molecular formula is C17H16Cl2FNOS. The SMILES string of the molecule is Cc1cc(C)c(NC(=O)CSCc2c(F)cccc2Cl)c(Cl)c1. The number of carbonyl (C=O) groups excluding carboxylic acids is 1. The number of nitrogens with one attached hydrogen (secondary N) is 1. The first-order chi connectivity index (χ1) is 10.9. The van der Waals surface area contributed by atoms with E-state index in [1.807, 2.05) is 19.9 Å². The van der Waals surface area contributed by atoms with Crippen molar-refractivity contribution in [2.24, 2.45) is 0 Å². The van der Waals surface area contributed by atoms with E-state index in [1.54, 1.807) is 18.2 Å². The van der Waals surface area contributed by atoms with Crippen LogP contribution in [0.25, 0.3) is 0 Å². The molecule has 1 N–H and O–H groups in total. The van der Waals surface area contributed by atoms with Crippen molar-refractivity contribution in [1.82, 2.24) is 0 Å². The van der Waals surface area contributed by atoms with Crippen molar-refractivity contribution in [2.75, 3.05) is 11.1 Å². The maximum Gasteiger partial charge on any atom is 0.234 e. The number of hydrogen-bond donors (Lipinski definition) is 1. The Balaban J connectivity index is 1.94. The molecule has 0 heterocycles. The summed E-state index contributed by atoms with van der Waals surface area (Å²) < 4.78 is 13.6. The number of thioether (sulfide) groups is 1. The van der Waals surface area contributed by atoms with Crippen LogP contribution in [0.2, 0.25) is 10.0 Å². The van der Waals surface area contributed by atoms with Crippen molar-refractivity contribution in [2.45, 2.75) is 19.6 Å². The van der Waals surface area contributed by atoms with Gasteiger partial charge in [0.25, 0.3) is 0 Å². The van der Waals surface area contributed by atoms with Gasteiger partial charge in [-0.25, -0.2) is 4.39 Å². The van der Waals surface area contributed by atoms with Crippen molar-refractivity contribution < 1.29 is 9.18 Å². The van der Waals surface area contributed by atoms with Crippen LogP contribution in [-0.2, 0) is 10.5 Å². The van der Waals surface area contributed by atoms with Gasteiger partial charge in [-0.15, -0.1) is 11.8 Å². The Bertz CT molecular complexity index is 693. The van der Waals surface area contributed by atoms with E-state index >= 15 is 0 Å². The summed E-state index contributed by atoms with van der Waals surface area (Å²) >= 11 is 13.4. The summed E-state index contributed by atoms with van der Waals surface area (Å²) in [5.41, 5.74) is 2.97. The van der Waals surface area contributed by atoms with Gasteiger partial charge < -0.3 is 5.32 Å². The summed E-state index contributed by atoms with van der Waals surface area (Å²) in [6.45, 7) is 3.83. The van der Waals surface area contributed by atoms with Gasteiger partial charge in [0.2, 0.25) is 5.91 Å². The van der Waals surface area contributed by atoms with E-state index < -0.39 is 0 Å². The Kier molecular flexibility index (Phi) is 6.33. The highest BCUT2D eigenvalue weighted by atomic mass is 35.5. The minimum atomic E-state index is -0.358. The van der Waals surface area contributed by atoms with E-state index in [0.717, 1.165) is 11.1 Å². The number of carbonyl (C=O) groups is 1. The summed E-state index contributed by atoms with van der Waals surface area (Å²) in [7, 11) is 0. The standard InChI is InChI=1S/C17H16Cl2FNOS/c1-10-6-11(2)17(14(19)7-10)21-16(22)9-23-8-12-13(18)4-3-5-15(12)20/h3-7H,8-9H2,1-2H3,(H,21,22). The Morgan fingerprint density at radius 1 is 1.22 bits per heavy atom. The van der Waals surface area contributed by atoms with Crippen LogP contribution in [0.15, 0.2) is 30.3 Å². The second kappa shape index (κ2) is 8.04.